The maximum atomic E-state index is 12.5. The van der Waals surface area contributed by atoms with Crippen molar-refractivity contribution in [2.45, 2.75) is 18.4 Å². The summed E-state index contributed by atoms with van der Waals surface area (Å²) < 4.78 is 0. The molecule has 4 atom stereocenters. The van der Waals surface area contributed by atoms with Crippen LogP contribution in [0, 0.1) is 11.8 Å². The van der Waals surface area contributed by atoms with E-state index in [0.29, 0.717) is 0 Å². The van der Waals surface area contributed by atoms with Crippen molar-refractivity contribution in [1.29, 1.82) is 0 Å². The number of amides is 2. The van der Waals surface area contributed by atoms with Gasteiger partial charge >= 0.3 is 0 Å². The molecule has 2 N–H and O–H groups in total. The molecule has 2 aromatic rings. The van der Waals surface area contributed by atoms with Crippen LogP contribution in [0.3, 0.4) is 0 Å². The zero-order valence-electron chi connectivity index (χ0n) is 12.3. The van der Waals surface area contributed by atoms with Crippen molar-refractivity contribution in [3.05, 3.63) is 35.5 Å². The molecule has 1 aromatic heterocycles. The van der Waals surface area contributed by atoms with Gasteiger partial charge in [-0.05, 0) is 37.6 Å². The van der Waals surface area contributed by atoms with Crippen LogP contribution in [0.4, 0.5) is 0 Å². The first-order valence-corrected chi connectivity index (χ1v) is 7.82. The Morgan fingerprint density at radius 2 is 2.00 bits per heavy atom. The van der Waals surface area contributed by atoms with Crippen LogP contribution in [0.2, 0.25) is 0 Å². The number of nitrogens with zero attached hydrogens (tertiary/aromatic N) is 1. The Kier molecular flexibility index (Phi) is 2.25. The molecular weight excluding hydrogens is 278 g/mol. The van der Waals surface area contributed by atoms with Gasteiger partial charge in [0, 0.05) is 22.6 Å². The fourth-order valence-corrected chi connectivity index (χ4v) is 4.86. The van der Waals surface area contributed by atoms with E-state index in [1.165, 1.54) is 0 Å². The number of imide groups is 1. The summed E-state index contributed by atoms with van der Waals surface area (Å²) in [5.41, 5.74) is 3.23. The van der Waals surface area contributed by atoms with E-state index in [4.69, 9.17) is 0 Å². The first-order valence-electron chi connectivity index (χ1n) is 7.82. The Bertz CT molecular complexity index is 824. The van der Waals surface area contributed by atoms with Crippen LogP contribution in [0.25, 0.3) is 10.9 Å². The highest BCUT2D eigenvalue weighted by molar-refractivity contribution is 6.05. The van der Waals surface area contributed by atoms with Gasteiger partial charge in [-0.2, -0.15) is 0 Å². The SMILES string of the molecule is CN1CC[C@H]2[C@@H]3C(=O)NC(=O)[C@H]2c2[nH]c4ccccc4c2[C@@H]31. The third-order valence-corrected chi connectivity index (χ3v) is 5.73. The molecule has 2 saturated heterocycles. The molecule has 2 aliphatic heterocycles. The van der Waals surface area contributed by atoms with Gasteiger partial charge in [-0.1, -0.05) is 18.2 Å². The highest BCUT2D eigenvalue weighted by atomic mass is 16.2. The van der Waals surface area contributed by atoms with Crippen molar-refractivity contribution in [3.63, 3.8) is 0 Å². The predicted octanol–water partition coefficient (Wildman–Crippen LogP) is 1.53. The highest BCUT2D eigenvalue weighted by Crippen LogP contribution is 2.55. The standard InChI is InChI=1S/C17H17N3O2/c1-20-7-6-9-12-14-11(8-4-2-3-5-10(8)18-14)15(20)13(9)17(22)19-16(12)21/h2-5,9,12-13,15,18H,6-7H2,1H3,(H,19,21,22)/t9-,12-,13+,15+/m1/s1. The number of benzene rings is 1. The van der Waals surface area contributed by atoms with Crippen LogP contribution in [-0.2, 0) is 9.59 Å². The van der Waals surface area contributed by atoms with Gasteiger partial charge in [0.1, 0.15) is 0 Å². The maximum absolute atomic E-state index is 12.5. The van der Waals surface area contributed by atoms with E-state index in [0.717, 1.165) is 35.1 Å². The van der Waals surface area contributed by atoms with Gasteiger partial charge in [-0.15, -0.1) is 0 Å². The van der Waals surface area contributed by atoms with Crippen LogP contribution < -0.4 is 5.32 Å². The second-order valence-corrected chi connectivity index (χ2v) is 6.73. The maximum Gasteiger partial charge on any atom is 0.235 e. The lowest BCUT2D eigenvalue weighted by molar-refractivity contribution is -0.147. The molecule has 0 spiro atoms. The number of aromatic amines is 1. The molecule has 22 heavy (non-hydrogen) atoms. The summed E-state index contributed by atoms with van der Waals surface area (Å²) in [7, 11) is 2.08. The molecule has 0 radical (unpaired) electrons. The lowest BCUT2D eigenvalue weighted by Gasteiger charge is -2.51. The molecular formula is C17H17N3O2. The van der Waals surface area contributed by atoms with Gasteiger partial charge in [0.2, 0.25) is 11.8 Å². The summed E-state index contributed by atoms with van der Waals surface area (Å²) in [5, 5.41) is 3.74. The Hall–Kier alpha value is -2.14. The monoisotopic (exact) mass is 295 g/mol. The van der Waals surface area contributed by atoms with Crippen LogP contribution >= 0.6 is 0 Å². The first kappa shape index (κ1) is 12.4. The van der Waals surface area contributed by atoms with E-state index in [9.17, 15) is 9.59 Å². The number of carbonyl (C=O) groups is 2. The van der Waals surface area contributed by atoms with Crippen molar-refractivity contribution in [2.75, 3.05) is 13.6 Å². The fraction of sp³-hybridized carbons (Fsp3) is 0.412. The first-order chi connectivity index (χ1) is 10.7. The van der Waals surface area contributed by atoms with E-state index in [2.05, 4.69) is 28.3 Å². The summed E-state index contributed by atoms with van der Waals surface area (Å²) in [4.78, 5) is 30.7. The number of fused-ring (bicyclic) bond motifs is 5. The van der Waals surface area contributed by atoms with Crippen molar-refractivity contribution in [3.8, 4) is 0 Å². The quantitative estimate of drug-likeness (QED) is 0.724. The number of H-pyrrole nitrogens is 1. The lowest BCUT2D eigenvalue weighted by Crippen LogP contribution is -2.60. The third kappa shape index (κ3) is 1.33. The summed E-state index contributed by atoms with van der Waals surface area (Å²) in [6, 6.07) is 8.21. The normalized spacial score (nSPS) is 33.7. The largest absolute Gasteiger partial charge is 0.357 e. The second-order valence-electron chi connectivity index (χ2n) is 6.73. The van der Waals surface area contributed by atoms with Crippen molar-refractivity contribution in [1.82, 2.24) is 15.2 Å². The molecule has 1 aliphatic carbocycles. The zero-order chi connectivity index (χ0) is 15.0. The van der Waals surface area contributed by atoms with Gasteiger partial charge in [-0.25, -0.2) is 0 Å². The number of hydrogen-bond donors (Lipinski definition) is 2. The second kappa shape index (κ2) is 3.98. The van der Waals surface area contributed by atoms with Crippen molar-refractivity contribution >= 4 is 22.7 Å². The Balaban J connectivity index is 1.87. The number of piperidine rings is 2. The molecule has 5 heteroatoms. The Morgan fingerprint density at radius 3 is 2.86 bits per heavy atom. The van der Waals surface area contributed by atoms with Crippen molar-refractivity contribution in [2.24, 2.45) is 11.8 Å². The highest BCUT2D eigenvalue weighted by Gasteiger charge is 2.56. The molecule has 2 amide bonds. The Morgan fingerprint density at radius 1 is 1.18 bits per heavy atom. The molecule has 0 unspecified atom stereocenters. The van der Waals surface area contributed by atoms with E-state index < -0.39 is 0 Å². The van der Waals surface area contributed by atoms with Crippen LogP contribution in [0.5, 0.6) is 0 Å². The molecule has 112 valence electrons. The van der Waals surface area contributed by atoms with E-state index in [1.54, 1.807) is 0 Å². The topological polar surface area (TPSA) is 65.2 Å². The number of hydrogen-bond acceptors (Lipinski definition) is 3. The van der Waals surface area contributed by atoms with E-state index in [1.807, 2.05) is 18.2 Å². The molecule has 3 aliphatic rings. The summed E-state index contributed by atoms with van der Waals surface area (Å²) in [5.74, 6) is -0.438. The van der Waals surface area contributed by atoms with Gasteiger partial charge in [0.25, 0.3) is 0 Å². The minimum absolute atomic E-state index is 0.0641. The molecule has 3 heterocycles. The average molecular weight is 295 g/mol. The lowest BCUT2D eigenvalue weighted by atomic mass is 9.62. The number of rotatable bonds is 0. The molecule has 0 saturated carbocycles. The molecule has 1 aromatic carbocycles. The molecule has 4 bridgehead atoms. The number of likely N-dealkylation sites (tertiary alicyclic amines) is 1. The third-order valence-electron chi connectivity index (χ3n) is 5.73. The number of para-hydroxylation sites is 1. The van der Waals surface area contributed by atoms with Crippen LogP contribution in [0.1, 0.15) is 29.6 Å². The summed E-state index contributed by atoms with van der Waals surface area (Å²) in [6.45, 7) is 0.932. The van der Waals surface area contributed by atoms with Gasteiger partial charge in [0.05, 0.1) is 11.8 Å². The smallest absolute Gasteiger partial charge is 0.235 e. The van der Waals surface area contributed by atoms with Crippen molar-refractivity contribution < 1.29 is 9.59 Å². The number of aromatic nitrogens is 1. The van der Waals surface area contributed by atoms with Gasteiger partial charge in [-0.3, -0.25) is 19.8 Å². The fourth-order valence-electron chi connectivity index (χ4n) is 4.86. The molecule has 5 rings (SSSR count). The predicted molar refractivity (Wildman–Crippen MR) is 81.2 cm³/mol. The zero-order valence-corrected chi connectivity index (χ0v) is 12.3. The number of nitrogens with one attached hydrogen (secondary N) is 2. The van der Waals surface area contributed by atoms with E-state index in [-0.39, 0.29) is 35.6 Å². The van der Waals surface area contributed by atoms with Gasteiger partial charge in [0.15, 0.2) is 0 Å². The average Bonchev–Trinajstić information content (AvgIpc) is 2.87. The van der Waals surface area contributed by atoms with Crippen LogP contribution in [0.15, 0.2) is 24.3 Å². The molecule has 2 fully saturated rings. The van der Waals surface area contributed by atoms with Gasteiger partial charge < -0.3 is 4.98 Å². The minimum atomic E-state index is -0.213. The Labute approximate surface area is 127 Å². The molecule has 5 nitrogen and oxygen atoms in total. The minimum Gasteiger partial charge on any atom is -0.357 e. The number of carbonyl (C=O) groups excluding carboxylic acids is 2. The summed E-state index contributed by atoms with van der Waals surface area (Å²) >= 11 is 0. The van der Waals surface area contributed by atoms with Crippen LogP contribution in [-0.4, -0.2) is 35.3 Å². The van der Waals surface area contributed by atoms with E-state index >= 15 is 0 Å². The summed E-state index contributed by atoms with van der Waals surface area (Å²) in [6.07, 6.45) is 0.899.